The van der Waals surface area contributed by atoms with Crippen LogP contribution in [0.2, 0.25) is 5.02 Å². The van der Waals surface area contributed by atoms with E-state index in [9.17, 15) is 0 Å². The Morgan fingerprint density at radius 1 is 1.04 bits per heavy atom. The zero-order valence-corrected chi connectivity index (χ0v) is 14.9. The zero-order valence-electron chi connectivity index (χ0n) is 14.1. The average molecular weight is 353 g/mol. The summed E-state index contributed by atoms with van der Waals surface area (Å²) in [5, 5.41) is 5.10. The summed E-state index contributed by atoms with van der Waals surface area (Å²) in [5.41, 5.74) is 2.95. The molecule has 4 rings (SSSR count). The van der Waals surface area contributed by atoms with Crippen molar-refractivity contribution < 1.29 is 0 Å². The standard InChI is InChI=1S/C18H17ClN6/c1-12-14(21-16-11-13(19)5-6-15(16)20-12)7-8-17-22-18(23-24(17)2)25-9-3-4-10-25/h5-6,11H,3-4,9-10H2,1-2H3. The average Bonchev–Trinajstić information content (AvgIpc) is 3.23. The molecule has 1 aliphatic rings. The minimum atomic E-state index is 0.620. The molecule has 0 spiro atoms. The van der Waals surface area contributed by atoms with Crippen molar-refractivity contribution in [2.45, 2.75) is 19.8 Å². The molecular weight excluding hydrogens is 336 g/mol. The van der Waals surface area contributed by atoms with Crippen molar-refractivity contribution >= 4 is 28.6 Å². The first-order valence-electron chi connectivity index (χ1n) is 8.22. The summed E-state index contributed by atoms with van der Waals surface area (Å²) in [5.74, 6) is 7.51. The van der Waals surface area contributed by atoms with E-state index in [1.165, 1.54) is 12.8 Å². The number of hydrogen-bond donors (Lipinski definition) is 0. The predicted molar refractivity (Wildman–Crippen MR) is 97.7 cm³/mol. The summed E-state index contributed by atoms with van der Waals surface area (Å²) in [7, 11) is 1.86. The van der Waals surface area contributed by atoms with Crippen LogP contribution in [0.4, 0.5) is 5.95 Å². The fraction of sp³-hybridized carbons (Fsp3) is 0.333. The van der Waals surface area contributed by atoms with Crippen molar-refractivity contribution in [3.63, 3.8) is 0 Å². The molecule has 6 nitrogen and oxygen atoms in total. The third-order valence-electron chi connectivity index (χ3n) is 4.23. The van der Waals surface area contributed by atoms with Crippen LogP contribution in [0.1, 0.15) is 30.1 Å². The minimum absolute atomic E-state index is 0.620. The van der Waals surface area contributed by atoms with Gasteiger partial charge in [0.2, 0.25) is 11.8 Å². The third-order valence-corrected chi connectivity index (χ3v) is 4.47. The van der Waals surface area contributed by atoms with Crippen LogP contribution in [0.15, 0.2) is 18.2 Å². The van der Waals surface area contributed by atoms with E-state index in [1.54, 1.807) is 10.7 Å². The zero-order chi connectivity index (χ0) is 17.4. The molecule has 2 aromatic heterocycles. The van der Waals surface area contributed by atoms with Crippen molar-refractivity contribution in [1.29, 1.82) is 0 Å². The van der Waals surface area contributed by atoms with Gasteiger partial charge < -0.3 is 4.90 Å². The van der Waals surface area contributed by atoms with E-state index in [1.807, 2.05) is 26.1 Å². The first kappa shape index (κ1) is 15.9. The maximum Gasteiger partial charge on any atom is 0.245 e. The summed E-state index contributed by atoms with van der Waals surface area (Å²) in [6.45, 7) is 3.91. The number of aromatic nitrogens is 5. The van der Waals surface area contributed by atoms with Crippen molar-refractivity contribution in [2.75, 3.05) is 18.0 Å². The van der Waals surface area contributed by atoms with Crippen LogP contribution in [-0.2, 0) is 7.05 Å². The molecule has 1 saturated heterocycles. The number of anilines is 1. The molecule has 0 saturated carbocycles. The molecule has 25 heavy (non-hydrogen) atoms. The van der Waals surface area contributed by atoms with Gasteiger partial charge in [0.25, 0.3) is 0 Å². The number of fused-ring (bicyclic) bond motifs is 1. The Morgan fingerprint density at radius 3 is 2.64 bits per heavy atom. The Kier molecular flexibility index (Phi) is 4.02. The van der Waals surface area contributed by atoms with Crippen LogP contribution >= 0.6 is 11.6 Å². The Morgan fingerprint density at radius 2 is 1.84 bits per heavy atom. The molecule has 0 bridgehead atoms. The van der Waals surface area contributed by atoms with E-state index < -0.39 is 0 Å². The largest absolute Gasteiger partial charge is 0.340 e. The Balaban J connectivity index is 1.69. The molecule has 0 aliphatic carbocycles. The van der Waals surface area contributed by atoms with Crippen molar-refractivity contribution in [3.8, 4) is 11.8 Å². The second-order valence-electron chi connectivity index (χ2n) is 6.09. The second kappa shape index (κ2) is 6.34. The molecule has 1 fully saturated rings. The molecule has 0 atom stereocenters. The van der Waals surface area contributed by atoms with Crippen LogP contribution in [0.3, 0.4) is 0 Å². The number of hydrogen-bond acceptors (Lipinski definition) is 5. The van der Waals surface area contributed by atoms with Crippen LogP contribution in [0, 0.1) is 18.8 Å². The van der Waals surface area contributed by atoms with Gasteiger partial charge in [-0.1, -0.05) is 11.6 Å². The second-order valence-corrected chi connectivity index (χ2v) is 6.53. The summed E-state index contributed by atoms with van der Waals surface area (Å²) >= 11 is 6.04. The lowest BCUT2D eigenvalue weighted by atomic mass is 10.2. The van der Waals surface area contributed by atoms with Crippen molar-refractivity contribution in [2.24, 2.45) is 7.05 Å². The predicted octanol–water partition coefficient (Wildman–Crippen LogP) is 2.72. The van der Waals surface area contributed by atoms with Crippen molar-refractivity contribution in [1.82, 2.24) is 24.7 Å². The SMILES string of the molecule is Cc1nc2ccc(Cl)cc2nc1C#Cc1nc(N2CCCC2)nn1C. The topological polar surface area (TPSA) is 59.7 Å². The van der Waals surface area contributed by atoms with Crippen LogP contribution in [0.25, 0.3) is 11.0 Å². The van der Waals surface area contributed by atoms with E-state index >= 15 is 0 Å². The number of halogens is 1. The highest BCUT2D eigenvalue weighted by Crippen LogP contribution is 2.18. The molecule has 0 amide bonds. The van der Waals surface area contributed by atoms with Gasteiger partial charge in [-0.15, -0.1) is 5.10 Å². The molecule has 7 heteroatoms. The van der Waals surface area contributed by atoms with E-state index in [-0.39, 0.29) is 0 Å². The number of aryl methyl sites for hydroxylation is 2. The molecule has 0 N–H and O–H groups in total. The first-order valence-corrected chi connectivity index (χ1v) is 8.60. The van der Waals surface area contributed by atoms with E-state index in [4.69, 9.17) is 11.6 Å². The Hall–Kier alpha value is -2.65. The van der Waals surface area contributed by atoms with Gasteiger partial charge in [-0.05, 0) is 49.8 Å². The highest BCUT2D eigenvalue weighted by Gasteiger charge is 2.17. The van der Waals surface area contributed by atoms with Gasteiger partial charge in [0.1, 0.15) is 5.69 Å². The molecule has 3 aromatic rings. The Labute approximate surface area is 150 Å². The lowest BCUT2D eigenvalue weighted by Crippen LogP contribution is -2.19. The van der Waals surface area contributed by atoms with Gasteiger partial charge in [0.05, 0.1) is 16.7 Å². The van der Waals surface area contributed by atoms with E-state index in [0.29, 0.717) is 16.5 Å². The van der Waals surface area contributed by atoms with Gasteiger partial charge in [0.15, 0.2) is 0 Å². The van der Waals surface area contributed by atoms with Crippen LogP contribution < -0.4 is 4.90 Å². The highest BCUT2D eigenvalue weighted by molar-refractivity contribution is 6.31. The summed E-state index contributed by atoms with van der Waals surface area (Å²) in [6.07, 6.45) is 2.38. The quantitative estimate of drug-likeness (QED) is 0.630. The highest BCUT2D eigenvalue weighted by atomic mass is 35.5. The fourth-order valence-electron chi connectivity index (χ4n) is 2.88. The van der Waals surface area contributed by atoms with Gasteiger partial charge >= 0.3 is 0 Å². The Bertz CT molecular complexity index is 1010. The maximum atomic E-state index is 6.04. The third kappa shape index (κ3) is 3.15. The van der Waals surface area contributed by atoms with Crippen LogP contribution in [-0.4, -0.2) is 37.8 Å². The molecular formula is C18H17ClN6. The number of rotatable bonds is 1. The lowest BCUT2D eigenvalue weighted by Gasteiger charge is -2.10. The minimum Gasteiger partial charge on any atom is -0.340 e. The summed E-state index contributed by atoms with van der Waals surface area (Å²) in [6, 6.07) is 5.46. The number of benzene rings is 1. The first-order chi connectivity index (χ1) is 12.1. The summed E-state index contributed by atoms with van der Waals surface area (Å²) < 4.78 is 1.71. The lowest BCUT2D eigenvalue weighted by molar-refractivity contribution is 0.745. The van der Waals surface area contributed by atoms with Crippen molar-refractivity contribution in [3.05, 3.63) is 40.4 Å². The fourth-order valence-corrected chi connectivity index (χ4v) is 3.05. The normalized spacial score (nSPS) is 14.0. The van der Waals surface area contributed by atoms with Gasteiger partial charge in [0, 0.05) is 25.2 Å². The van der Waals surface area contributed by atoms with Gasteiger partial charge in [-0.3, -0.25) is 0 Å². The van der Waals surface area contributed by atoms with Gasteiger partial charge in [-0.25, -0.2) is 14.6 Å². The molecule has 1 aromatic carbocycles. The molecule has 0 unspecified atom stereocenters. The van der Waals surface area contributed by atoms with Gasteiger partial charge in [-0.2, -0.15) is 4.98 Å². The smallest absolute Gasteiger partial charge is 0.245 e. The molecule has 0 radical (unpaired) electrons. The molecule has 1 aliphatic heterocycles. The maximum absolute atomic E-state index is 6.04. The number of nitrogens with zero attached hydrogens (tertiary/aromatic N) is 6. The molecule has 3 heterocycles. The summed E-state index contributed by atoms with van der Waals surface area (Å²) in [4.78, 5) is 15.9. The van der Waals surface area contributed by atoms with E-state index in [0.717, 1.165) is 35.8 Å². The molecule has 126 valence electrons. The monoisotopic (exact) mass is 352 g/mol. The van der Waals surface area contributed by atoms with Crippen LogP contribution in [0.5, 0.6) is 0 Å². The van der Waals surface area contributed by atoms with E-state index in [2.05, 4.69) is 36.8 Å².